The molecule has 1 N–H and O–H groups in total. The summed E-state index contributed by atoms with van der Waals surface area (Å²) in [5.41, 5.74) is 1.61. The second-order valence-corrected chi connectivity index (χ2v) is 8.06. The van der Waals surface area contributed by atoms with Gasteiger partial charge in [-0.2, -0.15) is 0 Å². The number of hydrogen-bond acceptors (Lipinski definition) is 7. The summed E-state index contributed by atoms with van der Waals surface area (Å²) in [6.07, 6.45) is 1.76. The van der Waals surface area contributed by atoms with Gasteiger partial charge in [-0.1, -0.05) is 31.5 Å². The molecule has 0 aliphatic carbocycles. The van der Waals surface area contributed by atoms with E-state index in [4.69, 9.17) is 9.26 Å². The molecule has 1 amide bonds. The van der Waals surface area contributed by atoms with Crippen LogP contribution < -0.4 is 15.1 Å². The van der Waals surface area contributed by atoms with Crippen LogP contribution in [0.3, 0.4) is 0 Å². The number of unbranched alkanes of at least 4 members (excludes halogenated alkanes) is 1. The molecular weight excluding hydrogens is 418 g/mol. The van der Waals surface area contributed by atoms with E-state index < -0.39 is 17.2 Å². The Morgan fingerprint density at radius 1 is 1.19 bits per heavy atom. The Kier molecular flexibility index (Phi) is 7.66. The predicted molar refractivity (Wildman–Crippen MR) is 113 cm³/mol. The molecule has 1 heterocycles. The fourth-order valence-corrected chi connectivity index (χ4v) is 3.49. The zero-order valence-electron chi connectivity index (χ0n) is 17.2. The van der Waals surface area contributed by atoms with Crippen LogP contribution in [0.2, 0.25) is 0 Å². The number of hydrogen-bond donors (Lipinski definition) is 1. The normalized spacial score (nSPS) is 11.7. The number of benzene rings is 2. The molecule has 31 heavy (non-hydrogen) atoms. The lowest BCUT2D eigenvalue weighted by Gasteiger charge is -2.11. The fourth-order valence-electron chi connectivity index (χ4n) is 2.62. The molecule has 1 atom stereocenters. The van der Waals surface area contributed by atoms with Crippen molar-refractivity contribution in [3.8, 4) is 11.6 Å². The molecule has 2 aromatic carbocycles. The molecule has 0 fully saturated rings. The van der Waals surface area contributed by atoms with Crippen molar-refractivity contribution in [2.24, 2.45) is 0 Å². The number of para-hydroxylation sites is 1. The molecule has 3 rings (SSSR count). The number of nitrogens with zero attached hydrogens (tertiary/aromatic N) is 2. The molecule has 0 saturated heterocycles. The first-order valence-corrected chi connectivity index (χ1v) is 10.8. The second-order valence-electron chi connectivity index (χ2n) is 6.73. The van der Waals surface area contributed by atoms with Gasteiger partial charge in [0.1, 0.15) is 0 Å². The lowest BCUT2D eigenvalue weighted by atomic mass is 10.2. The van der Waals surface area contributed by atoms with Crippen LogP contribution in [0.15, 0.2) is 64.1 Å². The summed E-state index contributed by atoms with van der Waals surface area (Å²) in [7, 11) is 0. The third kappa shape index (κ3) is 5.85. The SMILES string of the molecule is CCCCOC(=O)c1ccc(NC(=O)C(C)Sc2c([O-])on[n+]2-c2ccccc2)cc1. The maximum atomic E-state index is 12.6. The molecule has 0 bridgehead atoms. The van der Waals surface area contributed by atoms with Crippen molar-refractivity contribution in [3.05, 3.63) is 60.2 Å². The Bertz CT molecular complexity index is 1020. The van der Waals surface area contributed by atoms with Crippen LogP contribution in [-0.2, 0) is 9.53 Å². The minimum atomic E-state index is -0.612. The Morgan fingerprint density at radius 3 is 2.58 bits per heavy atom. The van der Waals surface area contributed by atoms with E-state index in [0.717, 1.165) is 24.6 Å². The predicted octanol–water partition coefficient (Wildman–Crippen LogP) is 3.10. The maximum Gasteiger partial charge on any atom is 0.338 e. The summed E-state index contributed by atoms with van der Waals surface area (Å²) in [6, 6.07) is 15.5. The van der Waals surface area contributed by atoms with Gasteiger partial charge in [0.05, 0.1) is 22.7 Å². The third-order valence-electron chi connectivity index (χ3n) is 4.35. The summed E-state index contributed by atoms with van der Waals surface area (Å²) in [4.78, 5) is 24.6. The largest absolute Gasteiger partial charge is 0.538 e. The number of carbonyl (C=O) groups is 2. The Hall–Kier alpha value is -3.33. The number of aromatic nitrogens is 2. The van der Waals surface area contributed by atoms with Crippen LogP contribution in [-0.4, -0.2) is 29.0 Å². The number of nitrogens with one attached hydrogen (secondary N) is 1. The molecule has 3 aromatic rings. The Labute approximate surface area is 184 Å². The summed E-state index contributed by atoms with van der Waals surface area (Å²) in [5, 5.41) is 18.2. The highest BCUT2D eigenvalue weighted by Gasteiger charge is 2.26. The van der Waals surface area contributed by atoms with E-state index in [-0.39, 0.29) is 10.9 Å². The highest BCUT2D eigenvalue weighted by atomic mass is 32.2. The van der Waals surface area contributed by atoms with Crippen molar-refractivity contribution in [1.82, 2.24) is 5.27 Å². The van der Waals surface area contributed by atoms with Crippen molar-refractivity contribution >= 4 is 29.3 Å². The summed E-state index contributed by atoms with van der Waals surface area (Å²) < 4.78 is 11.3. The minimum Gasteiger partial charge on any atom is -0.538 e. The van der Waals surface area contributed by atoms with Crippen LogP contribution in [0.5, 0.6) is 5.95 Å². The fraction of sp³-hybridized carbons (Fsp3) is 0.273. The lowest BCUT2D eigenvalue weighted by molar-refractivity contribution is -0.705. The first-order valence-electron chi connectivity index (χ1n) is 9.88. The average molecular weight is 442 g/mol. The average Bonchev–Trinajstić information content (AvgIpc) is 3.15. The van der Waals surface area contributed by atoms with Gasteiger partial charge in [0.2, 0.25) is 11.6 Å². The Balaban J connectivity index is 1.62. The van der Waals surface area contributed by atoms with Crippen molar-refractivity contribution in [2.75, 3.05) is 11.9 Å². The Morgan fingerprint density at radius 2 is 1.90 bits per heavy atom. The van der Waals surface area contributed by atoms with Crippen LogP contribution in [0.1, 0.15) is 37.0 Å². The molecule has 9 heteroatoms. The zero-order chi connectivity index (χ0) is 22.2. The van der Waals surface area contributed by atoms with Crippen LogP contribution in [0, 0.1) is 0 Å². The van der Waals surface area contributed by atoms with Crippen LogP contribution in [0.4, 0.5) is 5.69 Å². The first kappa shape index (κ1) is 22.4. The summed E-state index contributed by atoms with van der Waals surface area (Å²) in [5.74, 6) is -1.31. The zero-order valence-corrected chi connectivity index (χ0v) is 18.1. The van der Waals surface area contributed by atoms with Crippen LogP contribution >= 0.6 is 11.8 Å². The molecule has 1 unspecified atom stereocenters. The third-order valence-corrected chi connectivity index (χ3v) is 5.48. The monoisotopic (exact) mass is 441 g/mol. The number of esters is 1. The van der Waals surface area contributed by atoms with E-state index in [1.807, 2.05) is 25.1 Å². The molecule has 0 radical (unpaired) electrons. The van der Waals surface area contributed by atoms with Crippen molar-refractivity contribution < 1.29 is 28.6 Å². The number of anilines is 1. The molecule has 1 aromatic heterocycles. The van der Waals surface area contributed by atoms with Crippen molar-refractivity contribution in [2.45, 2.75) is 37.0 Å². The molecule has 8 nitrogen and oxygen atoms in total. The van der Waals surface area contributed by atoms with E-state index in [1.54, 1.807) is 43.3 Å². The van der Waals surface area contributed by atoms with Crippen molar-refractivity contribution in [3.63, 3.8) is 0 Å². The van der Waals surface area contributed by atoms with E-state index >= 15 is 0 Å². The molecular formula is C22H23N3O5S. The molecule has 0 saturated carbocycles. The highest BCUT2D eigenvalue weighted by Crippen LogP contribution is 2.28. The maximum absolute atomic E-state index is 12.6. The van der Waals surface area contributed by atoms with Gasteiger partial charge in [-0.05, 0) is 54.1 Å². The van der Waals surface area contributed by atoms with Crippen LogP contribution in [0.25, 0.3) is 5.69 Å². The molecule has 0 aliphatic heterocycles. The number of amides is 1. The van der Waals surface area contributed by atoms with Crippen molar-refractivity contribution in [1.29, 1.82) is 0 Å². The van der Waals surface area contributed by atoms with Gasteiger partial charge in [0, 0.05) is 17.8 Å². The van der Waals surface area contributed by atoms with E-state index in [2.05, 4.69) is 10.6 Å². The van der Waals surface area contributed by atoms with Gasteiger partial charge < -0.3 is 19.7 Å². The van der Waals surface area contributed by atoms with Gasteiger partial charge in [0.15, 0.2) is 5.95 Å². The van der Waals surface area contributed by atoms with E-state index in [0.29, 0.717) is 23.5 Å². The number of ether oxygens (including phenoxy) is 1. The van der Waals surface area contributed by atoms with E-state index in [1.165, 1.54) is 4.68 Å². The summed E-state index contributed by atoms with van der Waals surface area (Å²) >= 11 is 1.05. The van der Waals surface area contributed by atoms with Gasteiger partial charge in [-0.3, -0.25) is 4.79 Å². The van der Waals surface area contributed by atoms with Gasteiger partial charge in [-0.25, -0.2) is 4.79 Å². The smallest absolute Gasteiger partial charge is 0.338 e. The molecule has 0 aliphatic rings. The number of rotatable bonds is 9. The topological polar surface area (TPSA) is 108 Å². The second kappa shape index (κ2) is 10.6. The number of carbonyl (C=O) groups excluding carboxylic acids is 2. The molecule has 0 spiro atoms. The highest BCUT2D eigenvalue weighted by molar-refractivity contribution is 8.00. The van der Waals surface area contributed by atoms with Gasteiger partial charge in [-0.15, -0.1) is 0 Å². The summed E-state index contributed by atoms with van der Waals surface area (Å²) in [6.45, 7) is 4.09. The minimum absolute atomic E-state index is 0.207. The van der Waals surface area contributed by atoms with E-state index in [9.17, 15) is 14.7 Å². The standard InChI is InChI=1S/C22H23N3O5S/c1-3-4-14-29-21(27)16-10-12-17(13-11-16)23-19(26)15(2)31-20-22(28)30-24-25(20)18-8-6-5-7-9-18/h5-13,15H,3-4,14H2,1-2H3,(H-,23,24,26,27,28). The van der Waals surface area contributed by atoms with Gasteiger partial charge >= 0.3 is 5.97 Å². The first-order chi connectivity index (χ1) is 15.0. The molecule has 162 valence electrons. The van der Waals surface area contributed by atoms with Gasteiger partial charge in [0.25, 0.3) is 5.03 Å². The number of thioether (sulfide) groups is 1. The quantitative estimate of drug-likeness (QED) is 0.235. The lowest BCUT2D eigenvalue weighted by Crippen LogP contribution is -2.36.